The van der Waals surface area contributed by atoms with Gasteiger partial charge in [0.05, 0.1) is 5.60 Å². The quantitative estimate of drug-likeness (QED) is 0.300. The zero-order valence-corrected chi connectivity index (χ0v) is 11.7. The van der Waals surface area contributed by atoms with Crippen LogP contribution in [0.3, 0.4) is 0 Å². The third kappa shape index (κ3) is 1.97. The minimum atomic E-state index is -0.765. The molecule has 1 amide bonds. The number of rotatable bonds is 2. The molecule has 3 aliphatic rings. The third-order valence-corrected chi connectivity index (χ3v) is 5.47. The van der Waals surface area contributed by atoms with Crippen LogP contribution in [0.5, 0.6) is 0 Å². The van der Waals surface area contributed by atoms with Crippen LogP contribution in [0.15, 0.2) is 5.16 Å². The predicted octanol–water partition coefficient (Wildman–Crippen LogP) is 0.667. The molecule has 3 rings (SSSR count). The average Bonchev–Trinajstić information content (AvgIpc) is 3.26. The molecule has 2 atom stereocenters. The minimum absolute atomic E-state index is 0.0274. The van der Waals surface area contributed by atoms with Crippen molar-refractivity contribution >= 4 is 11.7 Å². The summed E-state index contributed by atoms with van der Waals surface area (Å²) in [6.07, 6.45) is 6.01. The van der Waals surface area contributed by atoms with Gasteiger partial charge in [0, 0.05) is 19.0 Å². The summed E-state index contributed by atoms with van der Waals surface area (Å²) in [5, 5.41) is 22.5. The van der Waals surface area contributed by atoms with E-state index in [9.17, 15) is 9.90 Å². The Morgan fingerprint density at radius 2 is 2.00 bits per heavy atom. The number of aliphatic hydroxyl groups is 1. The lowest BCUT2D eigenvalue weighted by atomic mass is 9.71. The molecular formula is C14H23N3O3. The third-order valence-electron chi connectivity index (χ3n) is 5.47. The van der Waals surface area contributed by atoms with E-state index in [0.29, 0.717) is 32.4 Å². The van der Waals surface area contributed by atoms with E-state index in [2.05, 4.69) is 5.16 Å². The summed E-state index contributed by atoms with van der Waals surface area (Å²) < 4.78 is 0. The van der Waals surface area contributed by atoms with E-state index in [-0.39, 0.29) is 17.7 Å². The summed E-state index contributed by atoms with van der Waals surface area (Å²) in [6.45, 7) is 1.18. The first kappa shape index (κ1) is 13.7. The van der Waals surface area contributed by atoms with Crippen molar-refractivity contribution in [1.29, 1.82) is 0 Å². The summed E-state index contributed by atoms with van der Waals surface area (Å²) >= 11 is 0. The molecule has 2 aliphatic carbocycles. The number of carbonyl (C=O) groups is 1. The topological polar surface area (TPSA) is 99.2 Å². The Morgan fingerprint density at radius 1 is 1.25 bits per heavy atom. The molecule has 4 N–H and O–H groups in total. The largest absolute Gasteiger partial charge is 0.409 e. The predicted molar refractivity (Wildman–Crippen MR) is 73.2 cm³/mol. The van der Waals surface area contributed by atoms with Crippen LogP contribution in [-0.2, 0) is 4.79 Å². The van der Waals surface area contributed by atoms with E-state index in [1.165, 1.54) is 0 Å². The SMILES string of the molecule is NC(=NO)C1(C(=O)N2CCC3(O)CCCCC3C2)CC1. The Morgan fingerprint density at radius 3 is 2.65 bits per heavy atom. The molecule has 0 aromatic rings. The summed E-state index contributed by atoms with van der Waals surface area (Å²) in [5.41, 5.74) is 4.34. The van der Waals surface area contributed by atoms with Gasteiger partial charge in [0.25, 0.3) is 0 Å². The van der Waals surface area contributed by atoms with Gasteiger partial charge < -0.3 is 20.9 Å². The molecule has 2 saturated carbocycles. The lowest BCUT2D eigenvalue weighted by molar-refractivity contribution is -0.146. The molecule has 0 aromatic carbocycles. The van der Waals surface area contributed by atoms with Crippen molar-refractivity contribution in [2.45, 2.75) is 50.5 Å². The molecular weight excluding hydrogens is 258 g/mol. The monoisotopic (exact) mass is 281 g/mol. The first-order valence-electron chi connectivity index (χ1n) is 7.52. The zero-order chi connectivity index (χ0) is 14.4. The maximum Gasteiger partial charge on any atom is 0.236 e. The van der Waals surface area contributed by atoms with E-state index in [0.717, 1.165) is 25.7 Å². The van der Waals surface area contributed by atoms with Gasteiger partial charge in [0.1, 0.15) is 5.41 Å². The fraction of sp³-hybridized carbons (Fsp3) is 0.857. The summed E-state index contributed by atoms with van der Waals surface area (Å²) in [7, 11) is 0. The normalized spacial score (nSPS) is 36.4. The van der Waals surface area contributed by atoms with Crippen molar-refractivity contribution in [2.24, 2.45) is 22.2 Å². The van der Waals surface area contributed by atoms with Gasteiger partial charge >= 0.3 is 0 Å². The summed E-state index contributed by atoms with van der Waals surface area (Å²) in [5.74, 6) is 0.185. The lowest BCUT2D eigenvalue weighted by Gasteiger charge is -2.48. The fourth-order valence-corrected chi connectivity index (χ4v) is 3.86. The van der Waals surface area contributed by atoms with Gasteiger partial charge in [-0.1, -0.05) is 18.0 Å². The van der Waals surface area contributed by atoms with Crippen LogP contribution >= 0.6 is 0 Å². The standard InChI is InChI=1S/C14H23N3O3/c15-11(16-20)13(5-6-13)12(18)17-8-7-14(19)4-2-1-3-10(14)9-17/h10,19-20H,1-9H2,(H2,15,16). The van der Waals surface area contributed by atoms with E-state index in [4.69, 9.17) is 10.9 Å². The number of likely N-dealkylation sites (tertiary alicyclic amines) is 1. The van der Waals surface area contributed by atoms with Gasteiger partial charge in [-0.3, -0.25) is 4.79 Å². The smallest absolute Gasteiger partial charge is 0.236 e. The van der Waals surface area contributed by atoms with Crippen LogP contribution in [0.4, 0.5) is 0 Å². The number of nitrogens with zero attached hydrogens (tertiary/aromatic N) is 2. The Labute approximate surface area is 118 Å². The van der Waals surface area contributed by atoms with Crippen molar-refractivity contribution < 1.29 is 15.1 Å². The van der Waals surface area contributed by atoms with E-state index in [1.54, 1.807) is 0 Å². The Bertz CT molecular complexity index is 447. The number of hydrogen-bond acceptors (Lipinski definition) is 4. The Balaban J connectivity index is 1.72. The second-order valence-electron chi connectivity index (χ2n) is 6.61. The van der Waals surface area contributed by atoms with E-state index < -0.39 is 11.0 Å². The average molecular weight is 281 g/mol. The number of hydrogen-bond donors (Lipinski definition) is 3. The van der Waals surface area contributed by atoms with Crippen molar-refractivity contribution in [1.82, 2.24) is 4.90 Å². The van der Waals surface area contributed by atoms with E-state index in [1.807, 2.05) is 4.90 Å². The highest BCUT2D eigenvalue weighted by Crippen LogP contribution is 2.49. The molecule has 1 saturated heterocycles. The molecule has 0 radical (unpaired) electrons. The van der Waals surface area contributed by atoms with Gasteiger partial charge in [-0.2, -0.15) is 0 Å². The number of oxime groups is 1. The second kappa shape index (κ2) is 4.62. The molecule has 0 spiro atoms. The molecule has 1 heterocycles. The number of amides is 1. The van der Waals surface area contributed by atoms with Gasteiger partial charge in [-0.15, -0.1) is 0 Å². The van der Waals surface area contributed by atoms with Crippen molar-refractivity contribution in [3.63, 3.8) is 0 Å². The van der Waals surface area contributed by atoms with Crippen LogP contribution in [0.1, 0.15) is 44.9 Å². The van der Waals surface area contributed by atoms with E-state index >= 15 is 0 Å². The molecule has 0 bridgehead atoms. The first-order chi connectivity index (χ1) is 9.52. The van der Waals surface area contributed by atoms with Crippen molar-refractivity contribution in [2.75, 3.05) is 13.1 Å². The number of amidine groups is 1. The highest BCUT2D eigenvalue weighted by molar-refractivity contribution is 6.09. The maximum atomic E-state index is 12.6. The van der Waals surface area contributed by atoms with Gasteiger partial charge in [0.15, 0.2) is 5.84 Å². The van der Waals surface area contributed by atoms with Crippen LogP contribution in [0, 0.1) is 11.3 Å². The van der Waals surface area contributed by atoms with Crippen molar-refractivity contribution in [3.8, 4) is 0 Å². The number of carbonyl (C=O) groups excluding carboxylic acids is 1. The second-order valence-corrected chi connectivity index (χ2v) is 6.61. The fourth-order valence-electron chi connectivity index (χ4n) is 3.86. The van der Waals surface area contributed by atoms with Crippen LogP contribution in [0.25, 0.3) is 0 Å². The molecule has 6 nitrogen and oxygen atoms in total. The van der Waals surface area contributed by atoms with Gasteiger partial charge in [-0.05, 0) is 32.1 Å². The number of fused-ring (bicyclic) bond motifs is 1. The van der Waals surface area contributed by atoms with Crippen molar-refractivity contribution in [3.05, 3.63) is 0 Å². The molecule has 1 aliphatic heterocycles. The molecule has 2 unspecified atom stereocenters. The van der Waals surface area contributed by atoms with Gasteiger partial charge in [-0.25, -0.2) is 0 Å². The minimum Gasteiger partial charge on any atom is -0.409 e. The number of nitrogens with two attached hydrogens (primary N) is 1. The maximum absolute atomic E-state index is 12.6. The molecule has 3 fully saturated rings. The van der Waals surface area contributed by atoms with Crippen LogP contribution in [0.2, 0.25) is 0 Å². The summed E-state index contributed by atoms with van der Waals surface area (Å²) in [6, 6.07) is 0. The zero-order valence-electron chi connectivity index (χ0n) is 11.7. The molecule has 112 valence electrons. The Hall–Kier alpha value is -1.30. The molecule has 0 aromatic heterocycles. The highest BCUT2D eigenvalue weighted by atomic mass is 16.4. The number of piperidine rings is 1. The summed E-state index contributed by atoms with van der Waals surface area (Å²) in [4.78, 5) is 14.4. The highest BCUT2D eigenvalue weighted by Gasteiger charge is 2.57. The first-order valence-corrected chi connectivity index (χ1v) is 7.52. The molecule has 6 heteroatoms. The van der Waals surface area contributed by atoms with Gasteiger partial charge in [0.2, 0.25) is 5.91 Å². The van der Waals surface area contributed by atoms with Crippen LogP contribution in [-0.4, -0.2) is 45.6 Å². The Kier molecular flexibility index (Phi) is 3.16. The van der Waals surface area contributed by atoms with Crippen LogP contribution < -0.4 is 5.73 Å². The lowest BCUT2D eigenvalue weighted by Crippen LogP contribution is -2.56. The molecule has 20 heavy (non-hydrogen) atoms.